The topological polar surface area (TPSA) is 59.1 Å². The molecule has 0 fully saturated rings. The summed E-state index contributed by atoms with van der Waals surface area (Å²) in [5.74, 6) is -1.37. The zero-order valence-corrected chi connectivity index (χ0v) is 12.7. The van der Waals surface area contributed by atoms with Crippen LogP contribution in [-0.4, -0.2) is 16.7 Å². The smallest absolute Gasteiger partial charge is 0.258 e. The Kier molecular flexibility index (Phi) is 5.22. The number of aromatic nitrogens is 1. The minimum atomic E-state index is -0.630. The average Bonchev–Trinajstić information content (AvgIpc) is 2.49. The van der Waals surface area contributed by atoms with E-state index in [0.717, 1.165) is 0 Å². The molecular formula is C16H14ClFN2O2. The van der Waals surface area contributed by atoms with E-state index < -0.39 is 11.7 Å². The minimum absolute atomic E-state index is 0.00774. The average molecular weight is 321 g/mol. The first-order valence-corrected chi connectivity index (χ1v) is 7.16. The van der Waals surface area contributed by atoms with Crippen molar-refractivity contribution in [3.63, 3.8) is 0 Å². The van der Waals surface area contributed by atoms with Crippen molar-refractivity contribution < 1.29 is 14.0 Å². The van der Waals surface area contributed by atoms with Gasteiger partial charge in [0, 0.05) is 6.42 Å². The number of hydrogen-bond acceptors (Lipinski definition) is 3. The van der Waals surface area contributed by atoms with Gasteiger partial charge in [-0.25, -0.2) is 9.37 Å². The van der Waals surface area contributed by atoms with Gasteiger partial charge in [0.25, 0.3) is 5.91 Å². The van der Waals surface area contributed by atoms with Gasteiger partial charge in [0.2, 0.25) is 0 Å². The van der Waals surface area contributed by atoms with E-state index in [-0.39, 0.29) is 27.9 Å². The van der Waals surface area contributed by atoms with Gasteiger partial charge in [0.05, 0.1) is 11.3 Å². The molecule has 4 nitrogen and oxygen atoms in total. The van der Waals surface area contributed by atoms with Gasteiger partial charge < -0.3 is 5.32 Å². The third-order valence-electron chi connectivity index (χ3n) is 2.98. The Labute approximate surface area is 132 Å². The van der Waals surface area contributed by atoms with Crippen LogP contribution in [0.25, 0.3) is 0 Å². The number of carbonyl (C=O) groups is 2. The number of Topliss-reactive ketones (excluding diaryl/α,β-unsaturated/α-hetero) is 1. The summed E-state index contributed by atoms with van der Waals surface area (Å²) in [6, 6.07) is 8.59. The van der Waals surface area contributed by atoms with Crippen LogP contribution in [0.2, 0.25) is 5.15 Å². The molecule has 0 bridgehead atoms. The summed E-state index contributed by atoms with van der Waals surface area (Å²) in [6.07, 6.45) is 1.09. The normalized spacial score (nSPS) is 10.3. The lowest BCUT2D eigenvalue weighted by Crippen LogP contribution is -2.14. The van der Waals surface area contributed by atoms with Gasteiger partial charge in [-0.1, -0.05) is 30.7 Å². The summed E-state index contributed by atoms with van der Waals surface area (Å²) >= 11 is 5.97. The number of ketones is 1. The number of rotatable bonds is 5. The molecule has 0 spiro atoms. The quantitative estimate of drug-likeness (QED) is 0.666. The highest BCUT2D eigenvalue weighted by molar-refractivity contribution is 6.32. The molecule has 0 saturated carbocycles. The molecule has 1 amide bonds. The number of nitrogens with one attached hydrogen (secondary N) is 1. The van der Waals surface area contributed by atoms with Gasteiger partial charge in [0.15, 0.2) is 10.9 Å². The van der Waals surface area contributed by atoms with Crippen LogP contribution in [0, 0.1) is 5.82 Å². The summed E-state index contributed by atoms with van der Waals surface area (Å²) in [5, 5.41) is 2.47. The van der Waals surface area contributed by atoms with Crippen molar-refractivity contribution in [1.82, 2.24) is 4.98 Å². The summed E-state index contributed by atoms with van der Waals surface area (Å²) in [5.41, 5.74) is 0.378. The van der Waals surface area contributed by atoms with E-state index in [4.69, 9.17) is 11.6 Å². The number of benzene rings is 1. The Bertz CT molecular complexity index is 719. The Balaban J connectivity index is 2.19. The van der Waals surface area contributed by atoms with Gasteiger partial charge >= 0.3 is 0 Å². The lowest BCUT2D eigenvalue weighted by molar-refractivity contribution is 0.0976. The first-order chi connectivity index (χ1) is 10.5. The van der Waals surface area contributed by atoms with Gasteiger partial charge in [-0.2, -0.15) is 0 Å². The molecule has 1 heterocycles. The van der Waals surface area contributed by atoms with Crippen molar-refractivity contribution >= 4 is 29.0 Å². The Hall–Kier alpha value is -2.27. The van der Waals surface area contributed by atoms with E-state index in [1.165, 1.54) is 30.3 Å². The Morgan fingerprint density at radius 2 is 1.95 bits per heavy atom. The Morgan fingerprint density at radius 3 is 2.59 bits per heavy atom. The molecule has 2 aromatic rings. The van der Waals surface area contributed by atoms with E-state index >= 15 is 0 Å². The number of hydrogen-bond donors (Lipinski definition) is 1. The molecule has 1 aromatic carbocycles. The molecule has 6 heteroatoms. The highest BCUT2D eigenvalue weighted by Gasteiger charge is 2.14. The summed E-state index contributed by atoms with van der Waals surface area (Å²) in [4.78, 5) is 27.7. The highest BCUT2D eigenvalue weighted by Crippen LogP contribution is 2.21. The number of pyridine rings is 1. The van der Waals surface area contributed by atoms with E-state index in [1.54, 1.807) is 6.07 Å². The minimum Gasteiger partial charge on any atom is -0.319 e. The lowest BCUT2D eigenvalue weighted by Gasteiger charge is -2.08. The van der Waals surface area contributed by atoms with E-state index in [1.807, 2.05) is 6.92 Å². The number of anilines is 1. The maximum atomic E-state index is 13.5. The van der Waals surface area contributed by atoms with Crippen molar-refractivity contribution in [3.8, 4) is 0 Å². The van der Waals surface area contributed by atoms with Gasteiger partial charge in [-0.3, -0.25) is 9.59 Å². The molecule has 0 unspecified atom stereocenters. The van der Waals surface area contributed by atoms with Crippen LogP contribution in [0.3, 0.4) is 0 Å². The molecule has 0 atom stereocenters. The molecule has 0 aliphatic carbocycles. The third-order valence-corrected chi connectivity index (χ3v) is 3.27. The second kappa shape index (κ2) is 7.13. The standard InChI is InChI=1S/C16H14ClFN2O2/c1-2-5-14(21)12-8-9-13(15(17)19-12)20-16(22)10-6-3-4-7-11(10)18/h3-4,6-9H,2,5H2,1H3,(H,20,22). The van der Waals surface area contributed by atoms with Crippen molar-refractivity contribution in [2.75, 3.05) is 5.32 Å². The maximum Gasteiger partial charge on any atom is 0.258 e. The summed E-state index contributed by atoms with van der Waals surface area (Å²) < 4.78 is 13.5. The number of halogens is 2. The second-order valence-corrected chi connectivity index (χ2v) is 5.00. The highest BCUT2D eigenvalue weighted by atomic mass is 35.5. The van der Waals surface area contributed by atoms with Crippen LogP contribution < -0.4 is 5.32 Å². The van der Waals surface area contributed by atoms with Gasteiger partial charge in [0.1, 0.15) is 11.5 Å². The molecular weight excluding hydrogens is 307 g/mol. The zero-order valence-electron chi connectivity index (χ0n) is 11.9. The number of nitrogens with zero attached hydrogens (tertiary/aromatic N) is 1. The van der Waals surface area contributed by atoms with Crippen LogP contribution in [0.4, 0.5) is 10.1 Å². The van der Waals surface area contributed by atoms with Gasteiger partial charge in [-0.15, -0.1) is 0 Å². The fourth-order valence-electron chi connectivity index (χ4n) is 1.87. The van der Waals surface area contributed by atoms with Crippen LogP contribution in [-0.2, 0) is 0 Å². The van der Waals surface area contributed by atoms with Crippen LogP contribution in [0.1, 0.15) is 40.6 Å². The summed E-state index contributed by atoms with van der Waals surface area (Å²) in [6.45, 7) is 1.89. The number of carbonyl (C=O) groups excluding carboxylic acids is 2. The van der Waals surface area contributed by atoms with Crippen molar-refractivity contribution in [2.45, 2.75) is 19.8 Å². The molecule has 0 aliphatic heterocycles. The fourth-order valence-corrected chi connectivity index (χ4v) is 2.07. The van der Waals surface area contributed by atoms with Gasteiger partial charge in [-0.05, 0) is 30.7 Å². The molecule has 2 rings (SSSR count). The van der Waals surface area contributed by atoms with Crippen LogP contribution in [0.15, 0.2) is 36.4 Å². The maximum absolute atomic E-state index is 13.5. The summed E-state index contributed by atoms with van der Waals surface area (Å²) in [7, 11) is 0. The molecule has 0 aliphatic rings. The van der Waals surface area contributed by atoms with Crippen LogP contribution in [0.5, 0.6) is 0 Å². The predicted octanol–water partition coefficient (Wildman–Crippen LogP) is 4.11. The Morgan fingerprint density at radius 1 is 1.23 bits per heavy atom. The van der Waals surface area contributed by atoms with Crippen molar-refractivity contribution in [2.24, 2.45) is 0 Å². The number of amides is 1. The first kappa shape index (κ1) is 16.1. The predicted molar refractivity (Wildman–Crippen MR) is 82.8 cm³/mol. The second-order valence-electron chi connectivity index (χ2n) is 4.64. The van der Waals surface area contributed by atoms with E-state index in [0.29, 0.717) is 12.8 Å². The van der Waals surface area contributed by atoms with Crippen LogP contribution >= 0.6 is 11.6 Å². The first-order valence-electron chi connectivity index (χ1n) is 6.78. The third kappa shape index (κ3) is 3.68. The molecule has 0 radical (unpaired) electrons. The largest absolute Gasteiger partial charge is 0.319 e. The zero-order chi connectivity index (χ0) is 16.1. The fraction of sp³-hybridized carbons (Fsp3) is 0.188. The molecule has 1 aromatic heterocycles. The SMILES string of the molecule is CCCC(=O)c1ccc(NC(=O)c2ccccc2F)c(Cl)n1. The van der Waals surface area contributed by atoms with Crippen molar-refractivity contribution in [1.29, 1.82) is 0 Å². The molecule has 22 heavy (non-hydrogen) atoms. The van der Waals surface area contributed by atoms with E-state index in [2.05, 4.69) is 10.3 Å². The van der Waals surface area contributed by atoms with Crippen molar-refractivity contribution in [3.05, 3.63) is 58.6 Å². The molecule has 1 N–H and O–H groups in total. The molecule has 114 valence electrons. The monoisotopic (exact) mass is 320 g/mol. The van der Waals surface area contributed by atoms with E-state index in [9.17, 15) is 14.0 Å². The molecule has 0 saturated heterocycles. The lowest BCUT2D eigenvalue weighted by atomic mass is 10.1.